The molecule has 2 aromatic heterocycles. The quantitative estimate of drug-likeness (QED) is 0.477. The lowest BCUT2D eigenvalue weighted by molar-refractivity contribution is -0.0861. The van der Waals surface area contributed by atoms with Crippen molar-refractivity contribution >= 4 is 38.6 Å². The number of thioether (sulfide) groups is 1. The predicted molar refractivity (Wildman–Crippen MR) is 132 cm³/mol. The molecule has 1 aliphatic carbocycles. The molecule has 0 amide bonds. The highest BCUT2D eigenvalue weighted by Gasteiger charge is 2.36. The molecule has 3 heterocycles. The molecule has 0 unspecified atom stereocenters. The lowest BCUT2D eigenvalue weighted by atomic mass is 9.81. The van der Waals surface area contributed by atoms with Gasteiger partial charge in [0.1, 0.15) is 12.1 Å². The predicted octanol–water partition coefficient (Wildman–Crippen LogP) is 3.96. The third-order valence-corrected chi connectivity index (χ3v) is 10.1. The summed E-state index contributed by atoms with van der Waals surface area (Å²) >= 11 is 2.04. The molecule has 3 aromatic rings. The van der Waals surface area contributed by atoms with E-state index in [1.54, 1.807) is 36.5 Å². The highest BCUT2D eigenvalue weighted by atomic mass is 32.2. The van der Waals surface area contributed by atoms with Gasteiger partial charge in [-0.3, -0.25) is 0 Å². The minimum absolute atomic E-state index is 0.251. The Morgan fingerprint density at radius 3 is 2.58 bits per heavy atom. The van der Waals surface area contributed by atoms with Crippen molar-refractivity contribution in [2.75, 3.05) is 36.7 Å². The largest absolute Gasteiger partial charge is 0.380 e. The Kier molecular flexibility index (Phi) is 5.91. The van der Waals surface area contributed by atoms with Crippen molar-refractivity contribution in [3.8, 4) is 0 Å². The number of hydrogen-bond donors (Lipinski definition) is 0. The molecular weight excluding hydrogens is 456 g/mol. The van der Waals surface area contributed by atoms with E-state index in [1.807, 2.05) is 25.7 Å². The van der Waals surface area contributed by atoms with E-state index in [0.717, 1.165) is 48.7 Å². The smallest absolute Gasteiger partial charge is 0.269 e. The average molecular weight is 487 g/mol. The van der Waals surface area contributed by atoms with E-state index < -0.39 is 10.0 Å². The number of benzene rings is 1. The van der Waals surface area contributed by atoms with Gasteiger partial charge in [0, 0.05) is 30.5 Å². The van der Waals surface area contributed by atoms with Crippen LogP contribution in [0.15, 0.2) is 47.8 Å². The van der Waals surface area contributed by atoms with Crippen LogP contribution in [-0.4, -0.2) is 60.2 Å². The van der Waals surface area contributed by atoms with E-state index in [1.165, 1.54) is 21.8 Å². The van der Waals surface area contributed by atoms with Gasteiger partial charge in [0.2, 0.25) is 0 Å². The van der Waals surface area contributed by atoms with Gasteiger partial charge in [0.25, 0.3) is 10.0 Å². The summed E-state index contributed by atoms with van der Waals surface area (Å²) in [5.41, 5.74) is 1.79. The van der Waals surface area contributed by atoms with Crippen LogP contribution in [0.5, 0.6) is 0 Å². The van der Waals surface area contributed by atoms with Gasteiger partial charge in [-0.15, -0.1) is 0 Å². The SMILES string of the molecule is Cc1ccc(S(=O)(=O)n2ccc3c(N(C)C4CC(CSCC5(C)COC5)C4)ncnc32)cc1. The monoisotopic (exact) mass is 486 g/mol. The zero-order valence-corrected chi connectivity index (χ0v) is 20.9. The van der Waals surface area contributed by atoms with Gasteiger partial charge in [-0.2, -0.15) is 11.8 Å². The second-order valence-electron chi connectivity index (χ2n) is 9.78. The lowest BCUT2D eigenvalue weighted by Gasteiger charge is -2.43. The summed E-state index contributed by atoms with van der Waals surface area (Å²) in [6.45, 7) is 6.01. The Morgan fingerprint density at radius 2 is 1.91 bits per heavy atom. The summed E-state index contributed by atoms with van der Waals surface area (Å²) < 4.78 is 33.1. The van der Waals surface area contributed by atoms with Gasteiger partial charge in [-0.1, -0.05) is 24.6 Å². The van der Waals surface area contributed by atoms with E-state index >= 15 is 0 Å². The number of nitrogens with zero attached hydrogens (tertiary/aromatic N) is 4. The van der Waals surface area contributed by atoms with Crippen LogP contribution in [0.4, 0.5) is 5.82 Å². The first-order chi connectivity index (χ1) is 15.8. The van der Waals surface area contributed by atoms with E-state index in [0.29, 0.717) is 17.1 Å². The molecule has 1 aliphatic heterocycles. The summed E-state index contributed by atoms with van der Waals surface area (Å²) in [5, 5.41) is 0.756. The summed E-state index contributed by atoms with van der Waals surface area (Å²) in [6, 6.07) is 9.09. The summed E-state index contributed by atoms with van der Waals surface area (Å²) in [7, 11) is -1.68. The van der Waals surface area contributed by atoms with Gasteiger partial charge >= 0.3 is 0 Å². The zero-order chi connectivity index (χ0) is 23.2. The van der Waals surface area contributed by atoms with Crippen LogP contribution in [0, 0.1) is 18.3 Å². The molecule has 1 saturated heterocycles. The topological polar surface area (TPSA) is 77.3 Å². The highest BCUT2D eigenvalue weighted by molar-refractivity contribution is 7.99. The number of aromatic nitrogens is 3. The van der Waals surface area contributed by atoms with Crippen LogP contribution >= 0.6 is 11.8 Å². The maximum absolute atomic E-state index is 13.2. The Balaban J connectivity index is 1.29. The fraction of sp³-hybridized carbons (Fsp3) is 0.500. The Bertz CT molecular complexity index is 1250. The van der Waals surface area contributed by atoms with Crippen molar-refractivity contribution in [3.63, 3.8) is 0 Å². The van der Waals surface area contributed by atoms with Crippen molar-refractivity contribution < 1.29 is 13.2 Å². The molecule has 2 fully saturated rings. The van der Waals surface area contributed by atoms with Crippen molar-refractivity contribution in [1.82, 2.24) is 13.9 Å². The van der Waals surface area contributed by atoms with Crippen molar-refractivity contribution in [3.05, 3.63) is 48.4 Å². The standard InChI is InChI=1S/C24H30N4O3S2/c1-17-4-6-20(7-5-17)33(29,30)28-9-8-21-22(25-16-26-23(21)28)27(3)19-10-18(11-19)12-32-15-24(2)13-31-14-24/h4-9,16,18-19H,10-15H2,1-3H3. The molecule has 7 nitrogen and oxygen atoms in total. The third kappa shape index (κ3) is 4.26. The Hall–Kier alpha value is -2.10. The lowest BCUT2D eigenvalue weighted by Crippen LogP contribution is -2.45. The first-order valence-electron chi connectivity index (χ1n) is 11.3. The van der Waals surface area contributed by atoms with Crippen LogP contribution in [-0.2, 0) is 14.8 Å². The van der Waals surface area contributed by atoms with Crippen LogP contribution < -0.4 is 4.90 Å². The van der Waals surface area contributed by atoms with Crippen LogP contribution in [0.2, 0.25) is 0 Å². The minimum atomic E-state index is -3.73. The molecule has 0 atom stereocenters. The van der Waals surface area contributed by atoms with E-state index in [-0.39, 0.29) is 4.90 Å². The van der Waals surface area contributed by atoms with E-state index in [9.17, 15) is 8.42 Å². The number of rotatable bonds is 8. The highest BCUT2D eigenvalue weighted by Crippen LogP contribution is 2.39. The van der Waals surface area contributed by atoms with Gasteiger partial charge in [-0.25, -0.2) is 22.4 Å². The first-order valence-corrected chi connectivity index (χ1v) is 13.9. The second-order valence-corrected chi connectivity index (χ2v) is 12.6. The van der Waals surface area contributed by atoms with Crippen molar-refractivity contribution in [1.29, 1.82) is 0 Å². The van der Waals surface area contributed by atoms with Gasteiger partial charge in [-0.05, 0) is 49.6 Å². The van der Waals surface area contributed by atoms with E-state index in [2.05, 4.69) is 21.8 Å². The van der Waals surface area contributed by atoms with Crippen LogP contribution in [0.3, 0.4) is 0 Å². The normalized spacial score (nSPS) is 22.0. The fourth-order valence-electron chi connectivity index (χ4n) is 4.55. The molecule has 1 saturated carbocycles. The Labute approximate surface area is 199 Å². The van der Waals surface area contributed by atoms with Gasteiger partial charge in [0.05, 0.1) is 23.5 Å². The van der Waals surface area contributed by atoms with Gasteiger partial charge in [0.15, 0.2) is 5.65 Å². The summed E-state index contributed by atoms with van der Waals surface area (Å²) in [5.74, 6) is 3.85. The molecule has 0 bridgehead atoms. The zero-order valence-electron chi connectivity index (χ0n) is 19.3. The first kappa shape index (κ1) is 22.7. The number of fused-ring (bicyclic) bond motifs is 1. The Morgan fingerprint density at radius 1 is 1.18 bits per heavy atom. The molecule has 0 spiro atoms. The van der Waals surface area contributed by atoms with Gasteiger partial charge < -0.3 is 9.64 Å². The molecule has 0 radical (unpaired) electrons. The maximum Gasteiger partial charge on any atom is 0.269 e. The summed E-state index contributed by atoms with van der Waals surface area (Å²) in [6.07, 6.45) is 5.30. The van der Waals surface area contributed by atoms with Crippen molar-refractivity contribution in [2.24, 2.45) is 11.3 Å². The second kappa shape index (κ2) is 8.60. The van der Waals surface area contributed by atoms with E-state index in [4.69, 9.17) is 4.74 Å². The molecular formula is C24H30N4O3S2. The maximum atomic E-state index is 13.2. The summed E-state index contributed by atoms with van der Waals surface area (Å²) in [4.78, 5) is 11.3. The number of ether oxygens (including phenoxy) is 1. The molecule has 1 aromatic carbocycles. The minimum Gasteiger partial charge on any atom is -0.380 e. The van der Waals surface area contributed by atoms with Crippen LogP contribution in [0.25, 0.3) is 11.0 Å². The molecule has 176 valence electrons. The molecule has 0 N–H and O–H groups in total. The molecule has 5 rings (SSSR count). The fourth-order valence-corrected chi connectivity index (χ4v) is 7.23. The third-order valence-electron chi connectivity index (χ3n) is 6.80. The number of anilines is 1. The molecule has 2 aliphatic rings. The molecule has 9 heteroatoms. The number of hydrogen-bond acceptors (Lipinski definition) is 7. The molecule has 33 heavy (non-hydrogen) atoms. The average Bonchev–Trinajstić information content (AvgIpc) is 3.19. The van der Waals surface area contributed by atoms with Crippen molar-refractivity contribution in [2.45, 2.75) is 37.6 Å². The van der Waals surface area contributed by atoms with Crippen LogP contribution in [0.1, 0.15) is 25.3 Å². The number of aryl methyl sites for hydroxylation is 1.